The molecule has 0 saturated heterocycles. The molecule has 1 heterocycles. The highest BCUT2D eigenvalue weighted by Crippen LogP contribution is 2.29. The van der Waals surface area contributed by atoms with E-state index >= 15 is 0 Å². The van der Waals surface area contributed by atoms with Gasteiger partial charge in [-0.3, -0.25) is 9.59 Å². The van der Waals surface area contributed by atoms with Gasteiger partial charge in [0.1, 0.15) is 5.69 Å². The lowest BCUT2D eigenvalue weighted by Crippen LogP contribution is -2.20. The Morgan fingerprint density at radius 1 is 1.26 bits per heavy atom. The summed E-state index contributed by atoms with van der Waals surface area (Å²) in [5.74, 6) is -0.772. The van der Waals surface area contributed by atoms with Gasteiger partial charge < -0.3 is 10.3 Å². The van der Waals surface area contributed by atoms with Gasteiger partial charge in [-0.05, 0) is 18.2 Å². The van der Waals surface area contributed by atoms with Crippen LogP contribution < -0.4 is 11.2 Å². The lowest BCUT2D eigenvalue weighted by molar-refractivity contribution is -0.143. The molecular weight excluding hydrogens is 261 g/mol. The summed E-state index contributed by atoms with van der Waals surface area (Å²) in [7, 11) is 1.18. The van der Waals surface area contributed by atoms with E-state index in [4.69, 9.17) is 5.73 Å². The number of aryl methyl sites for hydroxylation is 1. The third kappa shape index (κ3) is 2.18. The molecule has 19 heavy (non-hydrogen) atoms. The number of halogens is 3. The molecule has 0 atom stereocenters. The fourth-order valence-corrected chi connectivity index (χ4v) is 1.87. The average Bonchev–Trinajstić information content (AvgIpc) is 2.31. The zero-order valence-electron chi connectivity index (χ0n) is 9.78. The Morgan fingerprint density at radius 3 is 2.42 bits per heavy atom. The van der Waals surface area contributed by atoms with Crippen LogP contribution in [0, 0.1) is 0 Å². The number of carbonyl (C=O) groups excluding carboxylic acids is 1. The van der Waals surface area contributed by atoms with Crippen molar-refractivity contribution in [1.29, 1.82) is 0 Å². The van der Waals surface area contributed by atoms with Crippen molar-refractivity contribution in [2.45, 2.75) is 6.18 Å². The maximum absolute atomic E-state index is 12.8. The number of aromatic nitrogens is 1. The number of fused-ring (bicyclic) bond motifs is 1. The number of nitrogens with zero attached hydrogens (tertiary/aromatic N) is 1. The first-order valence-electron chi connectivity index (χ1n) is 5.22. The van der Waals surface area contributed by atoms with Crippen molar-refractivity contribution in [2.24, 2.45) is 12.8 Å². The lowest BCUT2D eigenvalue weighted by Gasteiger charge is -2.15. The van der Waals surface area contributed by atoms with Crippen LogP contribution in [-0.4, -0.2) is 10.5 Å². The maximum Gasteiger partial charge on any atom is 0.431 e. The summed E-state index contributed by atoms with van der Waals surface area (Å²) in [4.78, 5) is 22.7. The van der Waals surface area contributed by atoms with E-state index < -0.39 is 23.2 Å². The first-order chi connectivity index (χ1) is 8.71. The van der Waals surface area contributed by atoms with Crippen molar-refractivity contribution < 1.29 is 18.0 Å². The van der Waals surface area contributed by atoms with Gasteiger partial charge in [0, 0.05) is 24.1 Å². The van der Waals surface area contributed by atoms with Crippen molar-refractivity contribution in [3.63, 3.8) is 0 Å². The summed E-state index contributed by atoms with van der Waals surface area (Å²) in [6.07, 6.45) is -4.65. The van der Waals surface area contributed by atoms with Crippen molar-refractivity contribution in [1.82, 2.24) is 4.57 Å². The molecule has 0 aliphatic carbocycles. The Hall–Kier alpha value is -2.31. The SMILES string of the molecule is Cn1c(C(F)(F)F)cc(=O)c2ccc(C(N)=O)cc21. The molecule has 0 fully saturated rings. The molecule has 0 aliphatic heterocycles. The topological polar surface area (TPSA) is 65.1 Å². The number of nitrogens with two attached hydrogens (primary N) is 1. The predicted molar refractivity (Wildman–Crippen MR) is 62.7 cm³/mol. The predicted octanol–water partition coefficient (Wildman–Crippen LogP) is 1.66. The minimum Gasteiger partial charge on any atom is -0.366 e. The van der Waals surface area contributed by atoms with Crippen LogP contribution in [0.4, 0.5) is 13.2 Å². The molecule has 0 bridgehead atoms. The van der Waals surface area contributed by atoms with Gasteiger partial charge in [-0.1, -0.05) is 0 Å². The minimum atomic E-state index is -4.65. The van der Waals surface area contributed by atoms with Gasteiger partial charge in [0.2, 0.25) is 5.91 Å². The number of benzene rings is 1. The largest absolute Gasteiger partial charge is 0.431 e. The van der Waals surface area contributed by atoms with Crippen LogP contribution in [0.25, 0.3) is 10.9 Å². The molecule has 1 aromatic heterocycles. The molecule has 2 rings (SSSR count). The van der Waals surface area contributed by atoms with Crippen LogP contribution in [-0.2, 0) is 13.2 Å². The molecule has 2 aromatic rings. The molecule has 1 aromatic carbocycles. The van der Waals surface area contributed by atoms with Crippen molar-refractivity contribution in [3.8, 4) is 0 Å². The summed E-state index contributed by atoms with van der Waals surface area (Å²) in [5.41, 5.74) is 3.29. The van der Waals surface area contributed by atoms with Crippen LogP contribution >= 0.6 is 0 Å². The lowest BCUT2D eigenvalue weighted by atomic mass is 10.1. The van der Waals surface area contributed by atoms with Gasteiger partial charge in [-0.2, -0.15) is 13.2 Å². The Kier molecular flexibility index (Phi) is 2.84. The number of primary amides is 1. The highest BCUT2D eigenvalue weighted by molar-refractivity contribution is 5.96. The van der Waals surface area contributed by atoms with Gasteiger partial charge in [0.25, 0.3) is 0 Å². The zero-order chi connectivity index (χ0) is 14.4. The molecule has 2 N–H and O–H groups in total. The molecule has 100 valence electrons. The average molecular weight is 270 g/mol. The van der Waals surface area contributed by atoms with Crippen LogP contribution in [0.1, 0.15) is 16.1 Å². The van der Waals surface area contributed by atoms with E-state index in [9.17, 15) is 22.8 Å². The number of hydrogen-bond donors (Lipinski definition) is 1. The first kappa shape index (κ1) is 13.1. The number of rotatable bonds is 1. The van der Waals surface area contributed by atoms with Crippen molar-refractivity contribution >= 4 is 16.8 Å². The molecule has 0 unspecified atom stereocenters. The highest BCUT2D eigenvalue weighted by atomic mass is 19.4. The summed E-state index contributed by atoms with van der Waals surface area (Å²) < 4.78 is 39.1. The van der Waals surface area contributed by atoms with E-state index in [0.717, 1.165) is 4.57 Å². The Labute approximate surface area is 105 Å². The van der Waals surface area contributed by atoms with Crippen LogP contribution in [0.15, 0.2) is 29.1 Å². The molecular formula is C12H9F3N2O2. The normalized spacial score (nSPS) is 11.8. The van der Waals surface area contributed by atoms with E-state index in [2.05, 4.69) is 0 Å². The Balaban J connectivity index is 2.89. The quantitative estimate of drug-likeness (QED) is 0.856. The van der Waals surface area contributed by atoms with Crippen molar-refractivity contribution in [3.05, 3.63) is 45.7 Å². The second kappa shape index (κ2) is 4.11. The summed E-state index contributed by atoms with van der Waals surface area (Å²) >= 11 is 0. The maximum atomic E-state index is 12.8. The second-order valence-corrected chi connectivity index (χ2v) is 4.05. The fourth-order valence-electron chi connectivity index (χ4n) is 1.87. The zero-order valence-corrected chi connectivity index (χ0v) is 9.78. The molecule has 0 spiro atoms. The Bertz CT molecular complexity index is 732. The summed E-state index contributed by atoms with van der Waals surface area (Å²) in [6.45, 7) is 0. The van der Waals surface area contributed by atoms with E-state index in [1.807, 2.05) is 0 Å². The standard InChI is InChI=1S/C12H9F3N2O2/c1-17-8-4-6(11(16)19)2-3-7(8)9(18)5-10(17)12(13,14)15/h2-5H,1H3,(H2,16,19). The number of pyridine rings is 1. The summed E-state index contributed by atoms with van der Waals surface area (Å²) in [6, 6.07) is 4.30. The number of hydrogen-bond acceptors (Lipinski definition) is 2. The van der Waals surface area contributed by atoms with Gasteiger partial charge in [-0.25, -0.2) is 0 Å². The fraction of sp³-hybridized carbons (Fsp3) is 0.167. The highest BCUT2D eigenvalue weighted by Gasteiger charge is 2.34. The smallest absolute Gasteiger partial charge is 0.366 e. The van der Waals surface area contributed by atoms with Crippen LogP contribution in [0.5, 0.6) is 0 Å². The monoisotopic (exact) mass is 270 g/mol. The first-order valence-corrected chi connectivity index (χ1v) is 5.22. The van der Waals surface area contributed by atoms with E-state index in [-0.39, 0.29) is 16.5 Å². The van der Waals surface area contributed by atoms with Crippen LogP contribution in [0.2, 0.25) is 0 Å². The minimum absolute atomic E-state index is 0.0103. The van der Waals surface area contributed by atoms with Gasteiger partial charge >= 0.3 is 6.18 Å². The van der Waals surface area contributed by atoms with Gasteiger partial charge in [0.15, 0.2) is 5.43 Å². The molecule has 0 radical (unpaired) electrons. The number of amides is 1. The molecule has 0 saturated carbocycles. The van der Waals surface area contributed by atoms with E-state index in [1.54, 1.807) is 0 Å². The molecule has 4 nitrogen and oxygen atoms in total. The van der Waals surface area contributed by atoms with Gasteiger partial charge in [-0.15, -0.1) is 0 Å². The van der Waals surface area contributed by atoms with Gasteiger partial charge in [0.05, 0.1) is 5.52 Å². The van der Waals surface area contributed by atoms with Crippen LogP contribution in [0.3, 0.4) is 0 Å². The number of alkyl halides is 3. The number of carbonyl (C=O) groups is 1. The molecule has 7 heteroatoms. The second-order valence-electron chi connectivity index (χ2n) is 4.05. The van der Waals surface area contributed by atoms with E-state index in [1.165, 1.54) is 25.2 Å². The Morgan fingerprint density at radius 2 is 1.89 bits per heavy atom. The third-order valence-electron chi connectivity index (χ3n) is 2.83. The summed E-state index contributed by atoms with van der Waals surface area (Å²) in [5, 5.41) is 0.0977. The van der Waals surface area contributed by atoms with Crippen molar-refractivity contribution in [2.75, 3.05) is 0 Å². The third-order valence-corrected chi connectivity index (χ3v) is 2.83. The molecule has 0 aliphatic rings. The van der Waals surface area contributed by atoms with E-state index in [0.29, 0.717) is 6.07 Å². The molecule has 1 amide bonds.